The fraction of sp³-hybridized carbons (Fsp3) is 0.158. The lowest BCUT2D eigenvalue weighted by atomic mass is 10.0. The van der Waals surface area contributed by atoms with Gasteiger partial charge in [-0.05, 0) is 49.8 Å². The lowest BCUT2D eigenvalue weighted by Gasteiger charge is -2.13. The largest absolute Gasteiger partial charge is 0.494 e. The van der Waals surface area contributed by atoms with Gasteiger partial charge in [0.2, 0.25) is 5.88 Å². The first-order valence-electron chi connectivity index (χ1n) is 7.96. The van der Waals surface area contributed by atoms with E-state index in [0.29, 0.717) is 22.0 Å². The number of carbonyl (C=O) groups excluding carboxylic acids is 1. The second kappa shape index (κ2) is 6.74. The number of aromatic nitrogens is 1. The summed E-state index contributed by atoms with van der Waals surface area (Å²) in [6.45, 7) is 3.22. The van der Waals surface area contributed by atoms with Crippen LogP contribution in [0.2, 0.25) is 5.02 Å². The number of amides is 1. The van der Waals surface area contributed by atoms with Crippen molar-refractivity contribution in [3.8, 4) is 11.9 Å². The molecule has 0 atom stereocenters. The summed E-state index contributed by atoms with van der Waals surface area (Å²) < 4.78 is 0.973. The molecule has 1 aromatic heterocycles. The van der Waals surface area contributed by atoms with Gasteiger partial charge in [0.25, 0.3) is 11.5 Å². The van der Waals surface area contributed by atoms with Gasteiger partial charge in [0.15, 0.2) is 0 Å². The number of hydrogen-bond acceptors (Lipinski definition) is 5. The quantitative estimate of drug-likeness (QED) is 0.807. The molecule has 136 valence electrons. The summed E-state index contributed by atoms with van der Waals surface area (Å²) in [5.41, 5.74) is 1.09. The van der Waals surface area contributed by atoms with Crippen molar-refractivity contribution in [1.29, 1.82) is 5.26 Å². The Hall–Kier alpha value is -3.37. The number of anilines is 1. The number of hydrogen-bond donors (Lipinski definition) is 1. The molecule has 0 saturated heterocycles. The van der Waals surface area contributed by atoms with Gasteiger partial charge < -0.3 is 5.11 Å². The third kappa shape index (κ3) is 3.00. The summed E-state index contributed by atoms with van der Waals surface area (Å²) in [5.74, 6) is -0.712. The maximum absolute atomic E-state index is 12.8. The molecule has 0 fully saturated rings. The summed E-state index contributed by atoms with van der Waals surface area (Å²) in [4.78, 5) is 24.9. The molecule has 2 aromatic rings. The molecule has 0 saturated carbocycles. The van der Waals surface area contributed by atoms with Gasteiger partial charge in [-0.2, -0.15) is 15.4 Å². The summed E-state index contributed by atoms with van der Waals surface area (Å²) in [6, 6.07) is 8.49. The number of benzene rings is 1. The molecule has 0 radical (unpaired) electrons. The molecule has 0 bridgehead atoms. The topological polar surface area (TPSA) is 98.7 Å². The monoisotopic (exact) mass is 382 g/mol. The van der Waals surface area contributed by atoms with E-state index in [1.807, 2.05) is 6.07 Å². The van der Waals surface area contributed by atoms with E-state index in [4.69, 9.17) is 11.6 Å². The minimum atomic E-state index is -0.597. The van der Waals surface area contributed by atoms with Gasteiger partial charge in [0.05, 0.1) is 17.0 Å². The van der Waals surface area contributed by atoms with Crippen LogP contribution in [0.5, 0.6) is 5.88 Å². The lowest BCUT2D eigenvalue weighted by molar-refractivity contribution is -0.114. The van der Waals surface area contributed by atoms with Crippen molar-refractivity contribution in [2.45, 2.75) is 13.8 Å². The minimum Gasteiger partial charge on any atom is -0.494 e. The van der Waals surface area contributed by atoms with Gasteiger partial charge in [-0.1, -0.05) is 11.6 Å². The summed E-state index contributed by atoms with van der Waals surface area (Å²) >= 11 is 5.88. The van der Waals surface area contributed by atoms with Crippen LogP contribution in [0, 0.1) is 18.3 Å². The summed E-state index contributed by atoms with van der Waals surface area (Å²) in [5, 5.41) is 25.6. The Labute approximate surface area is 160 Å². The highest BCUT2D eigenvalue weighted by molar-refractivity contribution is 6.32. The fourth-order valence-corrected chi connectivity index (χ4v) is 2.92. The number of nitriles is 1. The van der Waals surface area contributed by atoms with Gasteiger partial charge in [0, 0.05) is 17.6 Å². The fourth-order valence-electron chi connectivity index (χ4n) is 2.80. The van der Waals surface area contributed by atoms with E-state index in [-0.39, 0.29) is 28.5 Å². The average molecular weight is 383 g/mol. The molecule has 7 nitrogen and oxygen atoms in total. The van der Waals surface area contributed by atoms with E-state index >= 15 is 0 Å². The highest BCUT2D eigenvalue weighted by Crippen LogP contribution is 2.29. The van der Waals surface area contributed by atoms with Crippen LogP contribution in [-0.2, 0) is 11.8 Å². The van der Waals surface area contributed by atoms with Crippen LogP contribution in [0.3, 0.4) is 0 Å². The van der Waals surface area contributed by atoms with Crippen LogP contribution in [-0.4, -0.2) is 21.3 Å². The molecule has 0 unspecified atom stereocenters. The van der Waals surface area contributed by atoms with Crippen molar-refractivity contribution in [2.75, 3.05) is 5.01 Å². The Kier molecular flexibility index (Phi) is 4.60. The van der Waals surface area contributed by atoms with Crippen LogP contribution in [0.4, 0.5) is 5.69 Å². The first-order valence-corrected chi connectivity index (χ1v) is 8.34. The first-order chi connectivity index (χ1) is 12.8. The molecule has 3 rings (SSSR count). The average Bonchev–Trinajstić information content (AvgIpc) is 2.92. The zero-order valence-electron chi connectivity index (χ0n) is 14.8. The first kappa shape index (κ1) is 18.4. The Morgan fingerprint density at radius 1 is 1.22 bits per heavy atom. The Bertz CT molecular complexity index is 1120. The van der Waals surface area contributed by atoms with Crippen molar-refractivity contribution in [3.05, 3.63) is 61.9 Å². The number of hydrazone groups is 1. The molecule has 1 aliphatic heterocycles. The number of nitrogens with zero attached hydrogens (tertiary/aromatic N) is 4. The second-order valence-corrected chi connectivity index (χ2v) is 6.49. The Morgan fingerprint density at radius 2 is 1.85 bits per heavy atom. The van der Waals surface area contributed by atoms with E-state index in [0.717, 1.165) is 4.57 Å². The van der Waals surface area contributed by atoms with Crippen molar-refractivity contribution >= 4 is 35.0 Å². The number of aromatic hydroxyl groups is 1. The maximum Gasteiger partial charge on any atom is 0.280 e. The van der Waals surface area contributed by atoms with Gasteiger partial charge in [-0.25, -0.2) is 0 Å². The molecular weight excluding hydrogens is 368 g/mol. The molecule has 2 heterocycles. The SMILES string of the molecule is CC1=NN(c2ccc(Cl)cc2)C(=O)/C1=C/c1c(C)c(C#N)c(=O)n(C)c1O. The van der Waals surface area contributed by atoms with Gasteiger partial charge in [-0.15, -0.1) is 0 Å². The molecule has 1 aromatic carbocycles. The summed E-state index contributed by atoms with van der Waals surface area (Å²) in [6.07, 6.45) is 1.45. The predicted octanol–water partition coefficient (Wildman–Crippen LogP) is 2.73. The van der Waals surface area contributed by atoms with Crippen molar-refractivity contribution < 1.29 is 9.90 Å². The van der Waals surface area contributed by atoms with Crippen LogP contribution in [0.25, 0.3) is 6.08 Å². The second-order valence-electron chi connectivity index (χ2n) is 6.05. The van der Waals surface area contributed by atoms with E-state index in [1.165, 1.54) is 18.1 Å². The van der Waals surface area contributed by atoms with E-state index < -0.39 is 5.56 Å². The molecule has 8 heteroatoms. The highest BCUT2D eigenvalue weighted by atomic mass is 35.5. The number of halogens is 1. The molecule has 0 spiro atoms. The van der Waals surface area contributed by atoms with Crippen molar-refractivity contribution in [3.63, 3.8) is 0 Å². The molecular formula is C19H15ClN4O3. The van der Waals surface area contributed by atoms with Gasteiger partial charge >= 0.3 is 0 Å². The third-order valence-corrected chi connectivity index (χ3v) is 4.64. The third-order valence-electron chi connectivity index (χ3n) is 4.39. The predicted molar refractivity (Wildman–Crippen MR) is 103 cm³/mol. The van der Waals surface area contributed by atoms with Crippen LogP contribution >= 0.6 is 11.6 Å². The van der Waals surface area contributed by atoms with Crippen molar-refractivity contribution in [1.82, 2.24) is 4.57 Å². The number of pyridine rings is 1. The van der Waals surface area contributed by atoms with Crippen LogP contribution < -0.4 is 10.6 Å². The smallest absolute Gasteiger partial charge is 0.280 e. The maximum atomic E-state index is 12.8. The minimum absolute atomic E-state index is 0.0863. The van der Waals surface area contributed by atoms with E-state index in [1.54, 1.807) is 38.1 Å². The van der Waals surface area contributed by atoms with Gasteiger partial charge in [0.1, 0.15) is 11.6 Å². The molecule has 1 aliphatic rings. The van der Waals surface area contributed by atoms with E-state index in [2.05, 4.69) is 5.10 Å². The molecule has 1 N–H and O–H groups in total. The Morgan fingerprint density at radius 3 is 2.44 bits per heavy atom. The normalized spacial score (nSPS) is 15.2. The zero-order chi connectivity index (χ0) is 19.9. The Balaban J connectivity index is 2.12. The van der Waals surface area contributed by atoms with E-state index in [9.17, 15) is 20.0 Å². The zero-order valence-corrected chi connectivity index (χ0v) is 15.6. The number of rotatable bonds is 2. The van der Waals surface area contributed by atoms with Crippen molar-refractivity contribution in [2.24, 2.45) is 12.1 Å². The number of carbonyl (C=O) groups is 1. The molecule has 1 amide bonds. The lowest BCUT2D eigenvalue weighted by Crippen LogP contribution is -2.23. The molecule has 0 aliphatic carbocycles. The van der Waals surface area contributed by atoms with Crippen LogP contribution in [0.15, 0.2) is 39.7 Å². The van der Waals surface area contributed by atoms with Gasteiger partial charge in [-0.3, -0.25) is 14.2 Å². The summed E-state index contributed by atoms with van der Waals surface area (Å²) in [7, 11) is 1.36. The van der Waals surface area contributed by atoms with Crippen LogP contribution in [0.1, 0.15) is 23.6 Å². The molecule has 27 heavy (non-hydrogen) atoms. The standard InChI is InChI=1S/C19H15ClN4O3/c1-10-14(17(25)23(3)18(26)16(10)9-21)8-15-11(2)22-24(19(15)27)13-6-4-12(20)5-7-13/h4-8,25H,1-3H3/b15-8+. The highest BCUT2D eigenvalue weighted by Gasteiger charge is 2.29.